The highest BCUT2D eigenvalue weighted by atomic mass is 28.4. The van der Waals surface area contributed by atoms with Gasteiger partial charge in [0, 0.05) is 6.42 Å². The predicted octanol–water partition coefficient (Wildman–Crippen LogP) is 2.81. The summed E-state index contributed by atoms with van der Waals surface area (Å²) in [7, 11) is -0.728. The van der Waals surface area contributed by atoms with Crippen LogP contribution in [0.5, 0.6) is 0 Å². The third kappa shape index (κ3) is 5.09. The van der Waals surface area contributed by atoms with Gasteiger partial charge in [-0.15, -0.1) is 0 Å². The number of hydrogen-bond donors (Lipinski definition) is 0. The van der Waals surface area contributed by atoms with E-state index in [4.69, 9.17) is 18.6 Å². The molecule has 0 aliphatic heterocycles. The van der Waals surface area contributed by atoms with Crippen LogP contribution in [-0.2, 0) is 33.0 Å². The predicted molar refractivity (Wildman–Crippen MR) is 97.5 cm³/mol. The highest BCUT2D eigenvalue weighted by molar-refractivity contribution is 6.70. The monoisotopic (exact) mass is 386 g/mol. The van der Waals surface area contributed by atoms with Gasteiger partial charge >= 0.3 is 17.9 Å². The Bertz CT molecular complexity index is 577. The van der Waals surface area contributed by atoms with E-state index in [0.29, 0.717) is 5.76 Å². The molecule has 0 fully saturated rings. The number of ether oxygens (including phenoxy) is 3. The Morgan fingerprint density at radius 3 is 2.31 bits per heavy atom. The summed E-state index contributed by atoms with van der Waals surface area (Å²) in [6.07, 6.45) is 1.31. The lowest BCUT2D eigenvalue weighted by atomic mass is 9.68. The molecule has 0 bridgehead atoms. The summed E-state index contributed by atoms with van der Waals surface area (Å²) in [5.74, 6) is -2.68. The molecule has 0 saturated heterocycles. The van der Waals surface area contributed by atoms with Gasteiger partial charge in [0.2, 0.25) is 8.32 Å². The molecule has 148 valence electrons. The summed E-state index contributed by atoms with van der Waals surface area (Å²) in [5, 5.41) is 0. The zero-order valence-electron chi connectivity index (χ0n) is 16.7. The van der Waals surface area contributed by atoms with Crippen LogP contribution >= 0.6 is 0 Å². The number of allylic oxidation sites excluding steroid dienone is 2. The molecule has 0 radical (unpaired) electrons. The Morgan fingerprint density at radius 2 is 1.85 bits per heavy atom. The highest BCUT2D eigenvalue weighted by Crippen LogP contribution is 2.44. The molecule has 1 aliphatic rings. The molecule has 1 rings (SSSR count). The van der Waals surface area contributed by atoms with Crippen molar-refractivity contribution in [1.82, 2.24) is 0 Å². The van der Waals surface area contributed by atoms with E-state index < -0.39 is 43.7 Å². The molecule has 0 aromatic carbocycles. The lowest BCUT2D eigenvalue weighted by Crippen LogP contribution is -2.52. The molecule has 0 saturated carbocycles. The third-order valence-electron chi connectivity index (χ3n) is 3.92. The van der Waals surface area contributed by atoms with Crippen LogP contribution in [0.15, 0.2) is 11.8 Å². The van der Waals surface area contributed by atoms with Gasteiger partial charge in [0.15, 0.2) is 5.41 Å². The fraction of sp³-hybridized carbons (Fsp3) is 0.722. The quantitative estimate of drug-likeness (QED) is 0.288. The average Bonchev–Trinajstić information content (AvgIpc) is 2.52. The zero-order chi connectivity index (χ0) is 20.1. The van der Waals surface area contributed by atoms with Crippen molar-refractivity contribution in [2.45, 2.75) is 59.4 Å². The summed E-state index contributed by atoms with van der Waals surface area (Å²) in [5.41, 5.74) is -1.77. The molecule has 0 aromatic rings. The second-order valence-corrected chi connectivity index (χ2v) is 11.9. The smallest absolute Gasteiger partial charge is 0.324 e. The van der Waals surface area contributed by atoms with Gasteiger partial charge in [0.1, 0.15) is 0 Å². The molecule has 0 aromatic heterocycles. The first-order valence-electron chi connectivity index (χ1n) is 8.82. The van der Waals surface area contributed by atoms with Gasteiger partial charge in [-0.05, 0) is 52.9 Å². The van der Waals surface area contributed by atoms with E-state index in [1.165, 1.54) is 7.11 Å². The van der Waals surface area contributed by atoms with Gasteiger partial charge in [-0.25, -0.2) is 0 Å². The van der Waals surface area contributed by atoms with E-state index in [1.54, 1.807) is 26.8 Å². The molecule has 26 heavy (non-hydrogen) atoms. The number of carbonyl (C=O) groups is 3. The Labute approximate surface area is 156 Å². The SMILES string of the molecule is CCOC(=O)[C@H]1CC(O[Si](C)(C)C)=CC[C@@]1(C(=O)OC)C(=O)OC(C)C. The number of hydrogen-bond acceptors (Lipinski definition) is 7. The van der Waals surface area contributed by atoms with Gasteiger partial charge in [-0.3, -0.25) is 14.4 Å². The first kappa shape index (κ1) is 22.2. The molecule has 7 nitrogen and oxygen atoms in total. The van der Waals surface area contributed by atoms with Crippen molar-refractivity contribution in [3.8, 4) is 0 Å². The van der Waals surface area contributed by atoms with Crippen molar-refractivity contribution in [2.24, 2.45) is 11.3 Å². The first-order valence-corrected chi connectivity index (χ1v) is 12.2. The maximum Gasteiger partial charge on any atom is 0.324 e. The molecular formula is C18H30O7Si. The van der Waals surface area contributed by atoms with Crippen LogP contribution in [0.2, 0.25) is 19.6 Å². The largest absolute Gasteiger partial charge is 0.548 e. The van der Waals surface area contributed by atoms with E-state index in [2.05, 4.69) is 0 Å². The number of esters is 3. The fourth-order valence-electron chi connectivity index (χ4n) is 2.92. The van der Waals surface area contributed by atoms with E-state index in [9.17, 15) is 14.4 Å². The lowest BCUT2D eigenvalue weighted by Gasteiger charge is -2.38. The van der Waals surface area contributed by atoms with Gasteiger partial charge in [0.25, 0.3) is 0 Å². The second-order valence-electron chi connectivity index (χ2n) is 7.51. The molecule has 1 aliphatic carbocycles. The van der Waals surface area contributed by atoms with Gasteiger partial charge in [0.05, 0.1) is 31.5 Å². The van der Waals surface area contributed by atoms with Gasteiger partial charge < -0.3 is 18.6 Å². The van der Waals surface area contributed by atoms with E-state index in [1.807, 2.05) is 19.6 Å². The molecule has 2 atom stereocenters. The topological polar surface area (TPSA) is 88.1 Å². The van der Waals surface area contributed by atoms with E-state index in [0.717, 1.165) is 0 Å². The van der Waals surface area contributed by atoms with Crippen molar-refractivity contribution in [3.05, 3.63) is 11.8 Å². The van der Waals surface area contributed by atoms with Crippen LogP contribution in [0.3, 0.4) is 0 Å². The van der Waals surface area contributed by atoms with Crippen LogP contribution < -0.4 is 0 Å². The highest BCUT2D eigenvalue weighted by Gasteiger charge is 2.59. The molecule has 8 heteroatoms. The van der Waals surface area contributed by atoms with Crippen LogP contribution in [0.25, 0.3) is 0 Å². The summed E-state index contributed by atoms with van der Waals surface area (Å²) in [6.45, 7) is 11.2. The zero-order valence-corrected chi connectivity index (χ0v) is 17.7. The normalized spacial score (nSPS) is 23.1. The maximum atomic E-state index is 12.8. The summed E-state index contributed by atoms with van der Waals surface area (Å²) >= 11 is 0. The van der Waals surface area contributed by atoms with Gasteiger partial charge in [-0.1, -0.05) is 0 Å². The number of rotatable bonds is 7. The second kappa shape index (κ2) is 8.70. The van der Waals surface area contributed by atoms with Gasteiger partial charge in [-0.2, -0.15) is 0 Å². The fourth-order valence-corrected chi connectivity index (χ4v) is 3.87. The van der Waals surface area contributed by atoms with Crippen LogP contribution in [0.1, 0.15) is 33.6 Å². The number of carbonyl (C=O) groups excluding carboxylic acids is 3. The summed E-state index contributed by atoms with van der Waals surface area (Å²) in [6, 6.07) is 0. The summed E-state index contributed by atoms with van der Waals surface area (Å²) in [4.78, 5) is 38.1. The minimum atomic E-state index is -1.92. The van der Waals surface area contributed by atoms with Crippen LogP contribution in [-0.4, -0.2) is 46.0 Å². The Morgan fingerprint density at radius 1 is 1.23 bits per heavy atom. The van der Waals surface area contributed by atoms with Crippen molar-refractivity contribution in [1.29, 1.82) is 0 Å². The van der Waals surface area contributed by atoms with Crippen molar-refractivity contribution < 1.29 is 33.0 Å². The summed E-state index contributed by atoms with van der Waals surface area (Å²) < 4.78 is 21.3. The minimum absolute atomic E-state index is 0.0332. The standard InChI is InChI=1S/C18H30O7Si/c1-8-23-15(19)14-11-13(25-26(5,6)7)9-10-18(14,16(20)22-4)17(21)24-12(2)3/h9,12,14H,8,10-11H2,1-7H3/t14-,18-/m1/s1. The molecule has 0 spiro atoms. The lowest BCUT2D eigenvalue weighted by molar-refractivity contribution is -0.185. The first-order chi connectivity index (χ1) is 12.0. The van der Waals surface area contributed by atoms with Crippen molar-refractivity contribution in [2.75, 3.05) is 13.7 Å². The molecule has 0 amide bonds. The Kier molecular flexibility index (Phi) is 7.43. The number of methoxy groups -OCH3 is 1. The van der Waals surface area contributed by atoms with Crippen molar-refractivity contribution >= 4 is 26.2 Å². The third-order valence-corrected chi connectivity index (χ3v) is 4.79. The Hall–Kier alpha value is -1.83. The maximum absolute atomic E-state index is 12.8. The molecule has 0 unspecified atom stereocenters. The molecule has 0 N–H and O–H groups in total. The van der Waals surface area contributed by atoms with E-state index >= 15 is 0 Å². The minimum Gasteiger partial charge on any atom is -0.548 e. The van der Waals surface area contributed by atoms with Crippen molar-refractivity contribution in [3.63, 3.8) is 0 Å². The average molecular weight is 387 g/mol. The molecule has 0 heterocycles. The van der Waals surface area contributed by atoms with E-state index in [-0.39, 0.29) is 19.4 Å². The molecular weight excluding hydrogens is 356 g/mol. The van der Waals surface area contributed by atoms with Crippen LogP contribution in [0, 0.1) is 11.3 Å². The van der Waals surface area contributed by atoms with Crippen LogP contribution in [0.4, 0.5) is 0 Å². The Balaban J connectivity index is 3.39.